The number of urea groups is 1. The maximum atomic E-state index is 12.8. The zero-order chi connectivity index (χ0) is 18.3. The molecule has 1 spiro atoms. The van der Waals surface area contributed by atoms with Crippen LogP contribution in [0.25, 0.3) is 0 Å². The van der Waals surface area contributed by atoms with E-state index < -0.39 is 0 Å². The quantitative estimate of drug-likeness (QED) is 0.890. The number of aryl methyl sites for hydroxylation is 2. The van der Waals surface area contributed by atoms with Crippen molar-refractivity contribution in [3.05, 3.63) is 69.1 Å². The zero-order valence-electron chi connectivity index (χ0n) is 15.3. The lowest BCUT2D eigenvalue weighted by atomic mass is 9.56. The smallest absolute Gasteiger partial charge is 0.318 e. The van der Waals surface area contributed by atoms with Crippen molar-refractivity contribution in [3.63, 3.8) is 0 Å². The summed E-state index contributed by atoms with van der Waals surface area (Å²) in [4.78, 5) is 29.7. The minimum atomic E-state index is -0.124. The van der Waals surface area contributed by atoms with Crippen molar-refractivity contribution < 1.29 is 4.79 Å². The summed E-state index contributed by atoms with van der Waals surface area (Å²) in [6.07, 6.45) is 3.62. The van der Waals surface area contributed by atoms with Crippen molar-refractivity contribution in [2.75, 3.05) is 6.54 Å². The second kappa shape index (κ2) is 6.31. The van der Waals surface area contributed by atoms with Gasteiger partial charge < -0.3 is 15.2 Å². The van der Waals surface area contributed by atoms with Gasteiger partial charge in [-0.3, -0.25) is 4.79 Å². The van der Waals surface area contributed by atoms with Gasteiger partial charge in [0.2, 0.25) is 0 Å². The van der Waals surface area contributed by atoms with Crippen molar-refractivity contribution in [2.45, 2.75) is 45.7 Å². The van der Waals surface area contributed by atoms with Crippen LogP contribution in [0.2, 0.25) is 0 Å². The molecular formula is C21H25N3O2. The Balaban J connectivity index is 1.49. The van der Waals surface area contributed by atoms with E-state index in [0.29, 0.717) is 5.56 Å². The van der Waals surface area contributed by atoms with Gasteiger partial charge in [0.1, 0.15) is 0 Å². The highest BCUT2D eigenvalue weighted by molar-refractivity contribution is 5.76. The van der Waals surface area contributed by atoms with Crippen molar-refractivity contribution in [3.8, 4) is 0 Å². The van der Waals surface area contributed by atoms with E-state index in [9.17, 15) is 9.59 Å². The third kappa shape index (κ3) is 2.71. The first-order chi connectivity index (χ1) is 12.5. The Bertz CT molecular complexity index is 884. The lowest BCUT2D eigenvalue weighted by molar-refractivity contribution is -0.0998. The average molecular weight is 351 g/mol. The molecule has 1 aromatic carbocycles. The first kappa shape index (κ1) is 16.9. The van der Waals surface area contributed by atoms with Crippen molar-refractivity contribution >= 4 is 6.03 Å². The van der Waals surface area contributed by atoms with E-state index in [2.05, 4.69) is 22.4 Å². The number of amides is 2. The molecule has 1 atom stereocenters. The van der Waals surface area contributed by atoms with Crippen LogP contribution in [0.1, 0.15) is 47.7 Å². The van der Waals surface area contributed by atoms with Gasteiger partial charge in [-0.25, -0.2) is 4.79 Å². The number of aromatic nitrogens is 1. The number of hydrogen-bond acceptors (Lipinski definition) is 2. The fraction of sp³-hybridized carbons (Fsp3) is 0.429. The summed E-state index contributed by atoms with van der Waals surface area (Å²) in [5.41, 5.74) is 3.71. The molecule has 2 aromatic rings. The number of benzene rings is 1. The second-order valence-corrected chi connectivity index (χ2v) is 7.76. The molecule has 5 heteroatoms. The standard InChI is InChI=1S/C21H25N3O2/c1-14-11-15(2)23-19(25)17(14)12-22-20(26)24-13-21(9-6-10-21)18(24)16-7-4-3-5-8-16/h3-5,7-8,11,18H,6,9-10,12-13H2,1-2H3,(H,22,26)(H,23,25). The Morgan fingerprint density at radius 3 is 2.62 bits per heavy atom. The number of pyridine rings is 1. The van der Waals surface area contributed by atoms with Crippen LogP contribution in [-0.2, 0) is 6.54 Å². The summed E-state index contributed by atoms with van der Waals surface area (Å²) in [5.74, 6) is 0. The van der Waals surface area contributed by atoms with Crippen LogP contribution in [0.15, 0.2) is 41.2 Å². The fourth-order valence-electron chi connectivity index (χ4n) is 4.52. The molecule has 136 valence electrons. The number of carbonyl (C=O) groups excluding carboxylic acids is 1. The van der Waals surface area contributed by atoms with Gasteiger partial charge in [0.15, 0.2) is 0 Å². The van der Waals surface area contributed by atoms with Gasteiger partial charge in [-0.1, -0.05) is 36.8 Å². The van der Waals surface area contributed by atoms with Gasteiger partial charge in [0.25, 0.3) is 5.56 Å². The van der Waals surface area contributed by atoms with E-state index in [-0.39, 0.29) is 29.6 Å². The number of H-pyrrole nitrogens is 1. The van der Waals surface area contributed by atoms with E-state index in [1.165, 1.54) is 24.8 Å². The Morgan fingerprint density at radius 2 is 2.00 bits per heavy atom. The maximum absolute atomic E-state index is 12.8. The van der Waals surface area contributed by atoms with Gasteiger partial charge in [-0.15, -0.1) is 0 Å². The first-order valence-corrected chi connectivity index (χ1v) is 9.29. The molecule has 1 saturated heterocycles. The van der Waals surface area contributed by atoms with E-state index >= 15 is 0 Å². The number of aromatic amines is 1. The molecule has 1 aliphatic heterocycles. The van der Waals surface area contributed by atoms with Crippen LogP contribution in [0.5, 0.6) is 0 Å². The maximum Gasteiger partial charge on any atom is 0.318 e. The third-order valence-corrected chi connectivity index (χ3v) is 6.01. The normalized spacial score (nSPS) is 20.4. The van der Waals surface area contributed by atoms with Crippen LogP contribution in [-0.4, -0.2) is 22.5 Å². The van der Waals surface area contributed by atoms with E-state index in [1.807, 2.05) is 43.0 Å². The predicted molar refractivity (Wildman–Crippen MR) is 101 cm³/mol. The van der Waals surface area contributed by atoms with Crippen molar-refractivity contribution in [1.82, 2.24) is 15.2 Å². The van der Waals surface area contributed by atoms with Gasteiger partial charge >= 0.3 is 6.03 Å². The second-order valence-electron chi connectivity index (χ2n) is 7.76. The lowest BCUT2D eigenvalue weighted by Gasteiger charge is -2.62. The summed E-state index contributed by atoms with van der Waals surface area (Å²) >= 11 is 0. The molecule has 1 saturated carbocycles. The summed E-state index contributed by atoms with van der Waals surface area (Å²) in [6, 6.07) is 12.3. The van der Waals surface area contributed by atoms with Gasteiger partial charge in [0, 0.05) is 23.2 Å². The molecule has 2 aliphatic rings. The zero-order valence-corrected chi connectivity index (χ0v) is 15.3. The highest BCUT2D eigenvalue weighted by Crippen LogP contribution is 2.60. The van der Waals surface area contributed by atoms with Gasteiger partial charge in [0.05, 0.1) is 12.6 Å². The lowest BCUT2D eigenvalue weighted by Crippen LogP contribution is -2.65. The Hall–Kier alpha value is -2.56. The summed E-state index contributed by atoms with van der Waals surface area (Å²) in [5, 5.41) is 2.95. The fourth-order valence-corrected chi connectivity index (χ4v) is 4.52. The molecule has 1 aliphatic carbocycles. The predicted octanol–water partition coefficient (Wildman–Crippen LogP) is 3.43. The van der Waals surface area contributed by atoms with Crippen LogP contribution in [0.4, 0.5) is 4.79 Å². The molecule has 2 heterocycles. The van der Waals surface area contributed by atoms with Crippen LogP contribution in [0, 0.1) is 19.3 Å². The Labute approximate surface area is 153 Å². The summed E-state index contributed by atoms with van der Waals surface area (Å²) in [6.45, 7) is 4.83. The molecule has 2 fully saturated rings. The van der Waals surface area contributed by atoms with Gasteiger partial charge in [-0.05, 0) is 43.9 Å². The molecule has 0 radical (unpaired) electrons. The summed E-state index contributed by atoms with van der Waals surface area (Å²) in [7, 11) is 0. The number of likely N-dealkylation sites (tertiary alicyclic amines) is 1. The molecule has 26 heavy (non-hydrogen) atoms. The third-order valence-electron chi connectivity index (χ3n) is 6.01. The molecule has 4 rings (SSSR count). The van der Waals surface area contributed by atoms with Crippen molar-refractivity contribution in [1.29, 1.82) is 0 Å². The monoisotopic (exact) mass is 351 g/mol. The topological polar surface area (TPSA) is 65.2 Å². The molecule has 1 aromatic heterocycles. The van der Waals surface area contributed by atoms with Crippen LogP contribution >= 0.6 is 0 Å². The molecular weight excluding hydrogens is 326 g/mol. The number of nitrogens with zero attached hydrogens (tertiary/aromatic N) is 1. The molecule has 1 unspecified atom stereocenters. The number of nitrogens with one attached hydrogen (secondary N) is 2. The number of rotatable bonds is 3. The van der Waals surface area contributed by atoms with Crippen LogP contribution in [0.3, 0.4) is 0 Å². The van der Waals surface area contributed by atoms with Crippen LogP contribution < -0.4 is 10.9 Å². The number of carbonyl (C=O) groups is 1. The first-order valence-electron chi connectivity index (χ1n) is 9.29. The van der Waals surface area contributed by atoms with Gasteiger partial charge in [-0.2, -0.15) is 0 Å². The highest BCUT2D eigenvalue weighted by Gasteiger charge is 2.57. The SMILES string of the molecule is Cc1cc(C)c(CNC(=O)N2CC3(CCC3)C2c2ccccc2)c(=O)[nH]1. The average Bonchev–Trinajstić information content (AvgIpc) is 2.52. The Morgan fingerprint density at radius 1 is 1.27 bits per heavy atom. The molecule has 2 amide bonds. The molecule has 5 nitrogen and oxygen atoms in total. The molecule has 2 N–H and O–H groups in total. The minimum Gasteiger partial charge on any atom is -0.334 e. The largest absolute Gasteiger partial charge is 0.334 e. The van der Waals surface area contributed by atoms with Crippen molar-refractivity contribution in [2.24, 2.45) is 5.41 Å². The summed E-state index contributed by atoms with van der Waals surface area (Å²) < 4.78 is 0. The number of hydrogen-bond donors (Lipinski definition) is 2. The van der Waals surface area contributed by atoms with E-state index in [4.69, 9.17) is 0 Å². The molecule has 0 bridgehead atoms. The highest BCUT2D eigenvalue weighted by atomic mass is 16.2. The minimum absolute atomic E-state index is 0.0873. The van der Waals surface area contributed by atoms with E-state index in [0.717, 1.165) is 17.8 Å². The Kier molecular flexibility index (Phi) is 4.10. The van der Waals surface area contributed by atoms with E-state index in [1.54, 1.807) is 0 Å².